The average Bonchev–Trinajstić information content (AvgIpc) is 2.93. The van der Waals surface area contributed by atoms with Crippen LogP contribution >= 0.6 is 0 Å². The van der Waals surface area contributed by atoms with Gasteiger partial charge in [-0.1, -0.05) is 0 Å². The molecule has 7 nitrogen and oxygen atoms in total. The smallest absolute Gasteiger partial charge is 0.237 e. The summed E-state index contributed by atoms with van der Waals surface area (Å²) in [5.74, 6) is 0.318. The molecule has 0 aromatic heterocycles. The minimum atomic E-state index is -3.03. The molecule has 0 saturated carbocycles. The Balaban J connectivity index is 1.95. The van der Waals surface area contributed by atoms with Gasteiger partial charge in [0.05, 0.1) is 29.6 Å². The van der Waals surface area contributed by atoms with Gasteiger partial charge in [-0.05, 0) is 26.8 Å². The van der Waals surface area contributed by atoms with E-state index in [4.69, 9.17) is 0 Å². The summed E-state index contributed by atoms with van der Waals surface area (Å²) in [6.45, 7) is 2.43. The van der Waals surface area contributed by atoms with E-state index >= 15 is 0 Å². The van der Waals surface area contributed by atoms with Crippen LogP contribution in [0.15, 0.2) is 0 Å². The second-order valence-corrected chi connectivity index (χ2v) is 10.7. The highest BCUT2D eigenvalue weighted by Gasteiger charge is 2.36. The predicted octanol–water partition coefficient (Wildman–Crippen LogP) is -0.859. The molecule has 0 aromatic rings. The van der Waals surface area contributed by atoms with Crippen molar-refractivity contribution < 1.29 is 21.6 Å². The van der Waals surface area contributed by atoms with Crippen molar-refractivity contribution in [2.24, 2.45) is 0 Å². The third-order valence-corrected chi connectivity index (χ3v) is 8.03. The first-order chi connectivity index (χ1) is 10.1. The first-order valence-electron chi connectivity index (χ1n) is 7.54. The van der Waals surface area contributed by atoms with Gasteiger partial charge in [0.15, 0.2) is 19.7 Å². The van der Waals surface area contributed by atoms with Crippen molar-refractivity contribution in [2.45, 2.75) is 31.8 Å². The van der Waals surface area contributed by atoms with Crippen LogP contribution in [0.3, 0.4) is 0 Å². The van der Waals surface area contributed by atoms with Crippen LogP contribution in [0, 0.1) is 0 Å². The van der Waals surface area contributed by atoms with E-state index in [-0.39, 0.29) is 47.5 Å². The maximum absolute atomic E-state index is 12.4. The lowest BCUT2D eigenvalue weighted by molar-refractivity contribution is -0.134. The Kier molecular flexibility index (Phi) is 5.18. The van der Waals surface area contributed by atoms with E-state index in [1.54, 1.807) is 16.8 Å². The molecule has 2 saturated heterocycles. The van der Waals surface area contributed by atoms with Crippen LogP contribution < -0.4 is 0 Å². The SMILES string of the molecule is CCN(C(=O)CN(C)C1CCS(=O)(=O)C1)C1CCS(=O)(=O)C1. The highest BCUT2D eigenvalue weighted by Crippen LogP contribution is 2.20. The average molecular weight is 352 g/mol. The normalized spacial score (nSPS) is 29.8. The molecule has 9 heteroatoms. The lowest BCUT2D eigenvalue weighted by atomic mass is 10.2. The third-order valence-electron chi connectivity index (χ3n) is 4.53. The molecule has 2 rings (SSSR count). The molecule has 2 unspecified atom stereocenters. The van der Waals surface area contributed by atoms with Crippen molar-refractivity contribution in [3.05, 3.63) is 0 Å². The van der Waals surface area contributed by atoms with Gasteiger partial charge in [0, 0.05) is 18.6 Å². The van der Waals surface area contributed by atoms with Crippen LogP contribution in [-0.4, -0.2) is 87.8 Å². The Labute approximate surface area is 132 Å². The van der Waals surface area contributed by atoms with Crippen molar-refractivity contribution >= 4 is 25.6 Å². The molecule has 1 amide bonds. The zero-order chi connectivity index (χ0) is 16.5. The van der Waals surface area contributed by atoms with Crippen molar-refractivity contribution in [3.8, 4) is 0 Å². The van der Waals surface area contributed by atoms with Crippen molar-refractivity contribution in [3.63, 3.8) is 0 Å². The highest BCUT2D eigenvalue weighted by molar-refractivity contribution is 7.91. The van der Waals surface area contributed by atoms with Crippen molar-refractivity contribution in [2.75, 3.05) is 43.1 Å². The number of hydrogen-bond acceptors (Lipinski definition) is 6. The molecule has 2 aliphatic rings. The van der Waals surface area contributed by atoms with Gasteiger partial charge in [0.1, 0.15) is 0 Å². The second kappa shape index (κ2) is 6.45. The summed E-state index contributed by atoms with van der Waals surface area (Å²) in [7, 11) is -4.26. The van der Waals surface area contributed by atoms with Gasteiger partial charge in [-0.2, -0.15) is 0 Å². The van der Waals surface area contributed by atoms with Crippen LogP contribution in [0.4, 0.5) is 0 Å². The molecule has 2 fully saturated rings. The van der Waals surface area contributed by atoms with Gasteiger partial charge < -0.3 is 4.90 Å². The molecule has 128 valence electrons. The van der Waals surface area contributed by atoms with Gasteiger partial charge in [-0.3, -0.25) is 9.69 Å². The fourth-order valence-corrected chi connectivity index (χ4v) is 6.75. The molecule has 0 aliphatic carbocycles. The van der Waals surface area contributed by atoms with Crippen LogP contribution in [-0.2, 0) is 24.5 Å². The van der Waals surface area contributed by atoms with E-state index in [1.165, 1.54) is 0 Å². The molecule has 0 aromatic carbocycles. The van der Waals surface area contributed by atoms with Crippen molar-refractivity contribution in [1.82, 2.24) is 9.80 Å². The van der Waals surface area contributed by atoms with Gasteiger partial charge in [-0.15, -0.1) is 0 Å². The van der Waals surface area contributed by atoms with Crippen LogP contribution in [0.5, 0.6) is 0 Å². The Morgan fingerprint density at radius 1 is 1.00 bits per heavy atom. The first-order valence-corrected chi connectivity index (χ1v) is 11.2. The summed E-state index contributed by atoms with van der Waals surface area (Å²) in [6.07, 6.45) is 1.04. The number of sulfone groups is 2. The Morgan fingerprint density at radius 3 is 1.91 bits per heavy atom. The molecular weight excluding hydrogens is 328 g/mol. The number of amides is 1. The molecule has 2 atom stereocenters. The molecule has 2 heterocycles. The lowest BCUT2D eigenvalue weighted by Crippen LogP contribution is -2.47. The monoisotopic (exact) mass is 352 g/mol. The highest BCUT2D eigenvalue weighted by atomic mass is 32.2. The van der Waals surface area contributed by atoms with Gasteiger partial charge in [-0.25, -0.2) is 16.8 Å². The quantitative estimate of drug-likeness (QED) is 0.639. The minimum Gasteiger partial charge on any atom is -0.338 e. The van der Waals surface area contributed by atoms with E-state index in [9.17, 15) is 21.6 Å². The van der Waals surface area contributed by atoms with Crippen molar-refractivity contribution in [1.29, 1.82) is 0 Å². The number of rotatable bonds is 5. The fourth-order valence-electron chi connectivity index (χ4n) is 3.22. The second-order valence-electron chi connectivity index (χ2n) is 6.21. The zero-order valence-corrected chi connectivity index (χ0v) is 14.7. The van der Waals surface area contributed by atoms with E-state index in [0.717, 1.165) is 0 Å². The predicted molar refractivity (Wildman–Crippen MR) is 84.1 cm³/mol. The maximum atomic E-state index is 12.4. The molecular formula is C13H24N2O5S2. The maximum Gasteiger partial charge on any atom is 0.237 e. The van der Waals surface area contributed by atoms with Gasteiger partial charge >= 0.3 is 0 Å². The Morgan fingerprint density at radius 2 is 1.50 bits per heavy atom. The Hall–Kier alpha value is -0.670. The number of carbonyl (C=O) groups excluding carboxylic acids is 1. The van der Waals surface area contributed by atoms with Crippen LogP contribution in [0.1, 0.15) is 19.8 Å². The van der Waals surface area contributed by atoms with E-state index < -0.39 is 19.7 Å². The first kappa shape index (κ1) is 17.7. The van der Waals surface area contributed by atoms with E-state index in [0.29, 0.717) is 19.4 Å². The van der Waals surface area contributed by atoms with Gasteiger partial charge in [0.25, 0.3) is 0 Å². The summed E-state index contributed by atoms with van der Waals surface area (Å²) in [5, 5.41) is 0. The van der Waals surface area contributed by atoms with E-state index in [1.807, 2.05) is 6.92 Å². The summed E-state index contributed by atoms with van der Waals surface area (Å²) >= 11 is 0. The van der Waals surface area contributed by atoms with Gasteiger partial charge in [0.2, 0.25) is 5.91 Å². The summed E-state index contributed by atoms with van der Waals surface area (Å²) in [6, 6.07) is -0.372. The van der Waals surface area contributed by atoms with Crippen LogP contribution in [0.2, 0.25) is 0 Å². The number of hydrogen-bond donors (Lipinski definition) is 0. The number of nitrogens with zero attached hydrogens (tertiary/aromatic N) is 2. The van der Waals surface area contributed by atoms with E-state index in [2.05, 4.69) is 0 Å². The standard InChI is InChI=1S/C13H24N2O5S2/c1-3-15(12-5-7-22(19,20)10-12)13(16)8-14(2)11-4-6-21(17,18)9-11/h11-12H,3-10H2,1-2H3. The number of likely N-dealkylation sites (N-methyl/N-ethyl adjacent to an activating group) is 2. The third kappa shape index (κ3) is 4.20. The summed E-state index contributed by atoms with van der Waals surface area (Å²) < 4.78 is 46.2. The topological polar surface area (TPSA) is 91.8 Å². The Bertz CT molecular complexity index is 629. The fraction of sp³-hybridized carbons (Fsp3) is 0.923. The molecule has 0 spiro atoms. The summed E-state index contributed by atoms with van der Waals surface area (Å²) in [5.41, 5.74) is 0. The lowest BCUT2D eigenvalue weighted by Gasteiger charge is -2.30. The largest absolute Gasteiger partial charge is 0.338 e. The van der Waals surface area contributed by atoms with Crippen LogP contribution in [0.25, 0.3) is 0 Å². The molecule has 22 heavy (non-hydrogen) atoms. The minimum absolute atomic E-state index is 0.0358. The zero-order valence-electron chi connectivity index (χ0n) is 13.1. The molecule has 0 N–H and O–H groups in total. The molecule has 0 radical (unpaired) electrons. The molecule has 2 aliphatic heterocycles. The summed E-state index contributed by atoms with van der Waals surface area (Å²) in [4.78, 5) is 15.8. The molecule has 0 bridgehead atoms. The number of carbonyl (C=O) groups is 1.